The Morgan fingerprint density at radius 2 is 1.70 bits per heavy atom. The number of para-hydroxylation sites is 1. The third-order valence-corrected chi connectivity index (χ3v) is 5.14. The van der Waals surface area contributed by atoms with Gasteiger partial charge in [0.15, 0.2) is 5.78 Å². The Bertz CT molecular complexity index is 810. The number of carbonyl (C=O) groups is 3. The summed E-state index contributed by atoms with van der Waals surface area (Å²) in [6.45, 7) is 3.74. The Morgan fingerprint density at radius 1 is 1.07 bits per heavy atom. The number of carbonyl (C=O) groups excluding carboxylic acids is 3. The van der Waals surface area contributed by atoms with Crippen molar-refractivity contribution >= 4 is 29.0 Å². The standard InChI is InChI=1S/C21H24N2O4/c1-12-8-13(2)21(27)19(20(12)26)16(22-15-6-4-3-5-7-15)9-14-10-17(24)23-18(25)11-14/h3-7,12-14,26H,8-11H2,1-2H3,(H,23,24,25)/t12-,13-/m1/s1. The van der Waals surface area contributed by atoms with Crippen LogP contribution in [0.1, 0.15) is 39.5 Å². The van der Waals surface area contributed by atoms with Crippen molar-refractivity contribution in [2.75, 3.05) is 0 Å². The van der Waals surface area contributed by atoms with E-state index in [-0.39, 0.29) is 59.5 Å². The summed E-state index contributed by atoms with van der Waals surface area (Å²) < 4.78 is 0. The molecular weight excluding hydrogens is 344 g/mol. The molecule has 2 amide bonds. The molecule has 0 radical (unpaired) electrons. The van der Waals surface area contributed by atoms with Gasteiger partial charge >= 0.3 is 0 Å². The van der Waals surface area contributed by atoms with Gasteiger partial charge in [-0.1, -0.05) is 32.0 Å². The molecule has 0 aromatic heterocycles. The van der Waals surface area contributed by atoms with Crippen molar-refractivity contribution in [3.63, 3.8) is 0 Å². The van der Waals surface area contributed by atoms with Gasteiger partial charge in [-0.2, -0.15) is 0 Å². The number of rotatable bonds is 4. The average molecular weight is 368 g/mol. The molecule has 3 rings (SSSR count). The first-order valence-electron chi connectivity index (χ1n) is 9.28. The summed E-state index contributed by atoms with van der Waals surface area (Å²) in [7, 11) is 0. The van der Waals surface area contributed by atoms with Gasteiger partial charge in [-0.05, 0) is 30.9 Å². The summed E-state index contributed by atoms with van der Waals surface area (Å²) in [4.78, 5) is 40.9. The van der Waals surface area contributed by atoms with Crippen molar-refractivity contribution in [1.29, 1.82) is 0 Å². The van der Waals surface area contributed by atoms with Gasteiger partial charge in [0.05, 0.1) is 17.0 Å². The zero-order valence-electron chi connectivity index (χ0n) is 15.6. The van der Waals surface area contributed by atoms with Gasteiger partial charge in [0, 0.05) is 24.7 Å². The van der Waals surface area contributed by atoms with E-state index in [4.69, 9.17) is 0 Å². The van der Waals surface area contributed by atoms with Crippen LogP contribution >= 0.6 is 0 Å². The van der Waals surface area contributed by atoms with Crippen LogP contribution in [0.25, 0.3) is 0 Å². The summed E-state index contributed by atoms with van der Waals surface area (Å²) in [5.74, 6) is -1.29. The summed E-state index contributed by atoms with van der Waals surface area (Å²) >= 11 is 0. The van der Waals surface area contributed by atoms with Gasteiger partial charge in [-0.25, -0.2) is 0 Å². The lowest BCUT2D eigenvalue weighted by atomic mass is 9.77. The minimum atomic E-state index is -0.315. The minimum Gasteiger partial charge on any atom is -0.511 e. The monoisotopic (exact) mass is 368 g/mol. The Kier molecular flexibility index (Phi) is 5.54. The SMILES string of the molecule is C[C@@H]1C[C@@H](C)C(O)=C(C(CC2CC(=O)NC(=O)C2)=Nc2ccccc2)C1=O. The van der Waals surface area contributed by atoms with E-state index in [1.807, 2.05) is 44.2 Å². The third kappa shape index (κ3) is 4.32. The summed E-state index contributed by atoms with van der Waals surface area (Å²) in [6, 6.07) is 9.19. The highest BCUT2D eigenvalue weighted by Gasteiger charge is 2.36. The molecule has 0 spiro atoms. The Labute approximate surface area is 158 Å². The summed E-state index contributed by atoms with van der Waals surface area (Å²) in [5, 5.41) is 12.9. The maximum Gasteiger partial charge on any atom is 0.226 e. The van der Waals surface area contributed by atoms with E-state index in [2.05, 4.69) is 10.3 Å². The van der Waals surface area contributed by atoms with Gasteiger partial charge in [-0.3, -0.25) is 24.7 Å². The normalized spacial score (nSPS) is 25.0. The Balaban J connectivity index is 2.01. The van der Waals surface area contributed by atoms with Gasteiger partial charge < -0.3 is 5.11 Å². The van der Waals surface area contributed by atoms with E-state index >= 15 is 0 Å². The number of Topliss-reactive ketones (excluding diaryl/α,β-unsaturated/α-hetero) is 1. The van der Waals surface area contributed by atoms with Crippen LogP contribution in [0.3, 0.4) is 0 Å². The van der Waals surface area contributed by atoms with E-state index in [0.29, 0.717) is 24.2 Å². The van der Waals surface area contributed by atoms with Crippen LogP contribution in [0.2, 0.25) is 0 Å². The fourth-order valence-corrected chi connectivity index (χ4v) is 3.79. The van der Waals surface area contributed by atoms with Crippen LogP contribution in [0.5, 0.6) is 0 Å². The van der Waals surface area contributed by atoms with Crippen LogP contribution in [0, 0.1) is 17.8 Å². The quantitative estimate of drug-likeness (QED) is 0.630. The molecule has 1 aliphatic carbocycles. The van der Waals surface area contributed by atoms with E-state index in [1.54, 1.807) is 0 Å². The third-order valence-electron chi connectivity index (χ3n) is 5.14. The number of nitrogens with one attached hydrogen (secondary N) is 1. The van der Waals surface area contributed by atoms with E-state index in [1.165, 1.54) is 0 Å². The first-order valence-corrected chi connectivity index (χ1v) is 9.28. The van der Waals surface area contributed by atoms with Crippen LogP contribution in [-0.2, 0) is 14.4 Å². The average Bonchev–Trinajstić information content (AvgIpc) is 2.60. The van der Waals surface area contributed by atoms with Crippen molar-refractivity contribution < 1.29 is 19.5 Å². The van der Waals surface area contributed by atoms with Crippen molar-refractivity contribution in [2.45, 2.75) is 39.5 Å². The lowest BCUT2D eigenvalue weighted by Crippen LogP contribution is -2.39. The minimum absolute atomic E-state index is 0.0550. The predicted octanol–water partition coefficient (Wildman–Crippen LogP) is 3.26. The van der Waals surface area contributed by atoms with Crippen LogP contribution in [-0.4, -0.2) is 28.4 Å². The maximum absolute atomic E-state index is 12.8. The summed E-state index contributed by atoms with van der Waals surface area (Å²) in [5.41, 5.74) is 1.37. The molecule has 6 nitrogen and oxygen atoms in total. The van der Waals surface area contributed by atoms with Gasteiger partial charge in [0.2, 0.25) is 11.8 Å². The van der Waals surface area contributed by atoms with Gasteiger partial charge in [0.25, 0.3) is 0 Å². The molecule has 1 aromatic rings. The molecule has 27 heavy (non-hydrogen) atoms. The number of nitrogens with zero attached hydrogens (tertiary/aromatic N) is 1. The first kappa shape index (κ1) is 19.0. The molecule has 0 saturated carbocycles. The molecule has 2 N–H and O–H groups in total. The molecule has 142 valence electrons. The maximum atomic E-state index is 12.8. The molecule has 6 heteroatoms. The second-order valence-corrected chi connectivity index (χ2v) is 7.51. The fourth-order valence-electron chi connectivity index (χ4n) is 3.79. The fraction of sp³-hybridized carbons (Fsp3) is 0.429. The molecule has 2 atom stereocenters. The van der Waals surface area contributed by atoms with Crippen LogP contribution in [0.15, 0.2) is 46.7 Å². The summed E-state index contributed by atoms with van der Waals surface area (Å²) in [6.07, 6.45) is 1.29. The Morgan fingerprint density at radius 3 is 2.33 bits per heavy atom. The number of imide groups is 1. The van der Waals surface area contributed by atoms with E-state index < -0.39 is 0 Å². The Hall–Kier alpha value is -2.76. The van der Waals surface area contributed by atoms with Crippen molar-refractivity contribution in [3.8, 4) is 0 Å². The van der Waals surface area contributed by atoms with Gasteiger partial charge in [-0.15, -0.1) is 0 Å². The topological polar surface area (TPSA) is 95.8 Å². The molecule has 1 heterocycles. The number of aliphatic imine (C=N–C) groups is 1. The first-order chi connectivity index (χ1) is 12.8. The lowest BCUT2D eigenvalue weighted by Gasteiger charge is -2.28. The second-order valence-electron chi connectivity index (χ2n) is 7.51. The van der Waals surface area contributed by atoms with Gasteiger partial charge in [0.1, 0.15) is 5.76 Å². The molecule has 1 aromatic carbocycles. The predicted molar refractivity (Wildman–Crippen MR) is 102 cm³/mol. The largest absolute Gasteiger partial charge is 0.511 e. The van der Waals surface area contributed by atoms with Crippen molar-refractivity contribution in [2.24, 2.45) is 22.7 Å². The zero-order valence-corrected chi connectivity index (χ0v) is 15.6. The number of piperidine rings is 1. The number of amides is 2. The van der Waals surface area contributed by atoms with E-state index in [0.717, 1.165) is 0 Å². The highest BCUT2D eigenvalue weighted by atomic mass is 16.3. The molecule has 0 unspecified atom stereocenters. The zero-order chi connectivity index (χ0) is 19.6. The number of benzene rings is 1. The molecule has 1 saturated heterocycles. The smallest absolute Gasteiger partial charge is 0.226 e. The van der Waals surface area contributed by atoms with Crippen molar-refractivity contribution in [1.82, 2.24) is 5.32 Å². The number of aliphatic hydroxyl groups is 1. The lowest BCUT2D eigenvalue weighted by molar-refractivity contribution is -0.134. The van der Waals surface area contributed by atoms with Crippen LogP contribution in [0.4, 0.5) is 5.69 Å². The number of ketones is 1. The van der Waals surface area contributed by atoms with E-state index in [9.17, 15) is 19.5 Å². The number of hydrogen-bond donors (Lipinski definition) is 2. The molecule has 1 fully saturated rings. The molecule has 2 aliphatic rings. The molecular formula is C21H24N2O4. The number of hydrogen-bond acceptors (Lipinski definition) is 5. The number of aliphatic hydroxyl groups excluding tert-OH is 1. The van der Waals surface area contributed by atoms with Crippen molar-refractivity contribution in [3.05, 3.63) is 41.7 Å². The highest BCUT2D eigenvalue weighted by molar-refractivity contribution is 6.24. The molecule has 0 bridgehead atoms. The van der Waals surface area contributed by atoms with Crippen LogP contribution < -0.4 is 5.32 Å². The number of allylic oxidation sites excluding steroid dienone is 2. The molecule has 1 aliphatic heterocycles. The highest BCUT2D eigenvalue weighted by Crippen LogP contribution is 2.33. The second kappa shape index (κ2) is 7.86.